The first kappa shape index (κ1) is 29.9. The first-order valence-electron chi connectivity index (χ1n) is 11.8. The van der Waals surface area contributed by atoms with Crippen LogP contribution in [0, 0.1) is 13.8 Å². The van der Waals surface area contributed by atoms with Crippen LogP contribution in [0.2, 0.25) is 0 Å². The van der Waals surface area contributed by atoms with Crippen LogP contribution in [0.5, 0.6) is 0 Å². The Kier molecular flexibility index (Phi) is 9.88. The van der Waals surface area contributed by atoms with Crippen molar-refractivity contribution in [2.75, 3.05) is 0 Å². The van der Waals surface area contributed by atoms with Gasteiger partial charge < -0.3 is 26.0 Å². The van der Waals surface area contributed by atoms with E-state index >= 15 is 0 Å². The predicted octanol–water partition coefficient (Wildman–Crippen LogP) is 3.26. The summed E-state index contributed by atoms with van der Waals surface area (Å²) in [6.45, 7) is 17.9. The fraction of sp³-hybridized carbons (Fsp3) is 0.615. The number of carbonyl (C=O) groups excluding carboxylic acids is 4. The highest BCUT2D eigenvalue weighted by atomic mass is 16.6. The third-order valence-electron chi connectivity index (χ3n) is 4.96. The number of nitrogens with zero attached hydrogens (tertiary/aromatic N) is 1. The minimum Gasteiger partial charge on any atom is -0.444 e. The highest BCUT2D eigenvalue weighted by Gasteiger charge is 2.39. The first-order valence-corrected chi connectivity index (χ1v) is 11.8. The van der Waals surface area contributed by atoms with E-state index in [1.165, 1.54) is 4.90 Å². The highest BCUT2D eigenvalue weighted by molar-refractivity contribution is 5.95. The Labute approximate surface area is 209 Å². The number of rotatable bonds is 8. The number of aryl methyl sites for hydroxylation is 2. The Morgan fingerprint density at radius 2 is 1.60 bits per heavy atom. The van der Waals surface area contributed by atoms with Crippen molar-refractivity contribution in [2.45, 2.75) is 105 Å². The maximum atomic E-state index is 13.9. The normalized spacial score (nSPS) is 13.6. The van der Waals surface area contributed by atoms with Gasteiger partial charge in [-0.25, -0.2) is 4.79 Å². The topological polar surface area (TPSA) is 131 Å². The number of ether oxygens (including phenoxy) is 1. The van der Waals surface area contributed by atoms with Crippen molar-refractivity contribution < 1.29 is 23.9 Å². The van der Waals surface area contributed by atoms with E-state index in [0.717, 1.165) is 11.1 Å². The van der Waals surface area contributed by atoms with Gasteiger partial charge in [-0.05, 0) is 80.4 Å². The standard InChI is InChI=1S/C26H42N4O5/c1-15(2)30(23(33)19(14-20(27)31)28-24(34)35-26(8,9)10)21(22(32)29-25(5,6)7)18-13-16(3)11-12-17(18)4/h11-13,15,19,21H,14H2,1-10H3,(H2,27,31)(H,28,34)(H,29,32). The molecule has 9 nitrogen and oxygen atoms in total. The molecule has 0 radical (unpaired) electrons. The third-order valence-corrected chi connectivity index (χ3v) is 4.96. The van der Waals surface area contributed by atoms with Crippen molar-refractivity contribution in [2.24, 2.45) is 5.73 Å². The Morgan fingerprint density at radius 1 is 1.03 bits per heavy atom. The molecular formula is C26H42N4O5. The van der Waals surface area contributed by atoms with Gasteiger partial charge in [0.2, 0.25) is 17.7 Å². The number of benzene rings is 1. The fourth-order valence-corrected chi connectivity index (χ4v) is 3.62. The lowest BCUT2D eigenvalue weighted by molar-refractivity contribution is -0.146. The number of primary amides is 1. The average molecular weight is 491 g/mol. The molecule has 1 aromatic rings. The molecule has 9 heteroatoms. The summed E-state index contributed by atoms with van der Waals surface area (Å²) >= 11 is 0. The van der Waals surface area contributed by atoms with E-state index in [2.05, 4.69) is 10.6 Å². The van der Waals surface area contributed by atoms with Gasteiger partial charge in [0.25, 0.3) is 0 Å². The number of hydrogen-bond donors (Lipinski definition) is 3. The van der Waals surface area contributed by atoms with Gasteiger partial charge in [0.15, 0.2) is 0 Å². The Balaban J connectivity index is 3.59. The molecule has 1 rings (SSSR count). The summed E-state index contributed by atoms with van der Waals surface area (Å²) in [5.41, 5.74) is 6.45. The van der Waals surface area contributed by atoms with Crippen LogP contribution in [0.25, 0.3) is 0 Å². The van der Waals surface area contributed by atoms with E-state index in [4.69, 9.17) is 10.5 Å². The van der Waals surface area contributed by atoms with Gasteiger partial charge in [0.05, 0.1) is 6.42 Å². The van der Waals surface area contributed by atoms with E-state index < -0.39 is 53.6 Å². The van der Waals surface area contributed by atoms with Crippen molar-refractivity contribution in [3.63, 3.8) is 0 Å². The van der Waals surface area contributed by atoms with Crippen molar-refractivity contribution in [1.82, 2.24) is 15.5 Å². The Bertz CT molecular complexity index is 944. The average Bonchev–Trinajstić information content (AvgIpc) is 2.63. The van der Waals surface area contributed by atoms with Crippen LogP contribution in [-0.4, -0.2) is 51.9 Å². The maximum absolute atomic E-state index is 13.9. The molecule has 0 aliphatic rings. The minimum absolute atomic E-state index is 0.372. The smallest absolute Gasteiger partial charge is 0.408 e. The van der Waals surface area contributed by atoms with Crippen LogP contribution >= 0.6 is 0 Å². The second kappa shape index (κ2) is 11.6. The lowest BCUT2D eigenvalue weighted by atomic mass is 9.94. The summed E-state index contributed by atoms with van der Waals surface area (Å²) in [4.78, 5) is 53.2. The molecule has 0 aromatic heterocycles. The molecule has 4 amide bonds. The van der Waals surface area contributed by atoms with Crippen LogP contribution < -0.4 is 16.4 Å². The van der Waals surface area contributed by atoms with E-state index in [0.29, 0.717) is 5.56 Å². The van der Waals surface area contributed by atoms with Gasteiger partial charge in [-0.3, -0.25) is 14.4 Å². The maximum Gasteiger partial charge on any atom is 0.408 e. The zero-order valence-electron chi connectivity index (χ0n) is 22.7. The monoisotopic (exact) mass is 490 g/mol. The molecule has 0 spiro atoms. The van der Waals surface area contributed by atoms with Crippen LogP contribution in [-0.2, 0) is 19.1 Å². The molecule has 0 aliphatic carbocycles. The van der Waals surface area contributed by atoms with Crippen LogP contribution in [0.1, 0.15) is 84.5 Å². The Hall–Kier alpha value is -3.10. The highest BCUT2D eigenvalue weighted by Crippen LogP contribution is 2.29. The van der Waals surface area contributed by atoms with Crippen molar-refractivity contribution in [3.05, 3.63) is 34.9 Å². The number of amides is 4. The number of hydrogen-bond acceptors (Lipinski definition) is 5. The summed E-state index contributed by atoms with van der Waals surface area (Å²) in [5.74, 6) is -1.76. The fourth-order valence-electron chi connectivity index (χ4n) is 3.62. The van der Waals surface area contributed by atoms with Crippen LogP contribution in [0.4, 0.5) is 4.79 Å². The molecule has 35 heavy (non-hydrogen) atoms. The van der Waals surface area contributed by atoms with Gasteiger partial charge in [0.1, 0.15) is 17.7 Å². The van der Waals surface area contributed by atoms with Crippen molar-refractivity contribution >= 4 is 23.8 Å². The number of nitrogens with one attached hydrogen (secondary N) is 2. The molecule has 2 atom stereocenters. The molecule has 0 aliphatic heterocycles. The second-order valence-electron chi connectivity index (χ2n) is 11.2. The number of carbonyl (C=O) groups is 4. The molecule has 0 saturated carbocycles. The lowest BCUT2D eigenvalue weighted by Crippen LogP contribution is -2.57. The van der Waals surface area contributed by atoms with E-state index in [1.54, 1.807) is 34.6 Å². The summed E-state index contributed by atoms with van der Waals surface area (Å²) in [6.07, 6.45) is -1.30. The Morgan fingerprint density at radius 3 is 2.06 bits per heavy atom. The molecule has 0 heterocycles. The first-order chi connectivity index (χ1) is 15.8. The summed E-state index contributed by atoms with van der Waals surface area (Å²) in [6, 6.07) is 2.94. The van der Waals surface area contributed by atoms with E-state index in [9.17, 15) is 19.2 Å². The zero-order chi connectivity index (χ0) is 27.3. The molecule has 4 N–H and O–H groups in total. The SMILES string of the molecule is Cc1ccc(C)c(C(C(=O)NC(C)(C)C)N(C(=O)C(CC(N)=O)NC(=O)OC(C)(C)C)C(C)C)c1. The molecular weight excluding hydrogens is 448 g/mol. The van der Waals surface area contributed by atoms with Crippen LogP contribution in [0.3, 0.4) is 0 Å². The second-order valence-corrected chi connectivity index (χ2v) is 11.2. The number of alkyl carbamates (subject to hydrolysis) is 1. The molecule has 0 fully saturated rings. The predicted molar refractivity (Wildman–Crippen MR) is 136 cm³/mol. The summed E-state index contributed by atoms with van der Waals surface area (Å²) in [5, 5.41) is 5.44. The quantitative estimate of drug-likeness (QED) is 0.515. The molecule has 0 saturated heterocycles. The van der Waals surface area contributed by atoms with Gasteiger partial charge in [-0.2, -0.15) is 0 Å². The van der Waals surface area contributed by atoms with Crippen LogP contribution in [0.15, 0.2) is 18.2 Å². The van der Waals surface area contributed by atoms with Gasteiger partial charge in [-0.15, -0.1) is 0 Å². The number of nitrogens with two attached hydrogens (primary N) is 1. The lowest BCUT2D eigenvalue weighted by Gasteiger charge is -2.38. The van der Waals surface area contributed by atoms with E-state index in [1.807, 2.05) is 52.8 Å². The van der Waals surface area contributed by atoms with E-state index in [-0.39, 0.29) is 5.91 Å². The van der Waals surface area contributed by atoms with Crippen molar-refractivity contribution in [1.29, 1.82) is 0 Å². The summed E-state index contributed by atoms with van der Waals surface area (Å²) < 4.78 is 5.28. The minimum atomic E-state index is -1.31. The molecule has 196 valence electrons. The van der Waals surface area contributed by atoms with Gasteiger partial charge in [0, 0.05) is 11.6 Å². The summed E-state index contributed by atoms with van der Waals surface area (Å²) in [7, 11) is 0. The molecule has 2 unspecified atom stereocenters. The third kappa shape index (κ3) is 9.58. The largest absolute Gasteiger partial charge is 0.444 e. The van der Waals surface area contributed by atoms with Gasteiger partial charge >= 0.3 is 6.09 Å². The molecule has 0 bridgehead atoms. The molecule has 1 aromatic carbocycles. The van der Waals surface area contributed by atoms with Gasteiger partial charge in [-0.1, -0.05) is 23.8 Å². The zero-order valence-corrected chi connectivity index (χ0v) is 22.7. The van der Waals surface area contributed by atoms with Crippen molar-refractivity contribution in [3.8, 4) is 0 Å².